The molecule has 1 N–H and O–H groups in total. The molecular formula is C11H16N4. The number of nitrogens with zero attached hydrogens (tertiary/aromatic N) is 3. The highest BCUT2D eigenvalue weighted by molar-refractivity contribution is 5.69. The van der Waals surface area contributed by atoms with E-state index in [2.05, 4.69) is 47.6 Å². The Balaban J connectivity index is 2.52. The van der Waals surface area contributed by atoms with Crippen molar-refractivity contribution < 1.29 is 0 Å². The highest BCUT2D eigenvalue weighted by Gasteiger charge is 2.09. The topological polar surface area (TPSA) is 54.5 Å². The normalized spacial score (nSPS) is 11.9. The summed E-state index contributed by atoms with van der Waals surface area (Å²) < 4.78 is 0. The van der Waals surface area contributed by atoms with E-state index in [0.717, 1.165) is 22.8 Å². The van der Waals surface area contributed by atoms with Crippen LogP contribution < -0.4 is 0 Å². The van der Waals surface area contributed by atoms with Crippen LogP contribution in [0.25, 0.3) is 11.2 Å². The maximum atomic E-state index is 4.45. The maximum Gasteiger partial charge on any atom is 0.161 e. The lowest BCUT2D eigenvalue weighted by Gasteiger charge is -2.00. The van der Waals surface area contributed by atoms with Gasteiger partial charge in [-0.2, -0.15) is 0 Å². The van der Waals surface area contributed by atoms with Crippen molar-refractivity contribution >= 4 is 11.2 Å². The van der Waals surface area contributed by atoms with Gasteiger partial charge in [-0.05, 0) is 0 Å². The minimum Gasteiger partial charge on any atom is -0.326 e. The average molecular weight is 204 g/mol. The molecule has 0 aliphatic carbocycles. The van der Waals surface area contributed by atoms with E-state index in [4.69, 9.17) is 0 Å². The highest BCUT2D eigenvalue weighted by Crippen LogP contribution is 2.16. The number of fused-ring (bicyclic) bond motifs is 1. The van der Waals surface area contributed by atoms with Gasteiger partial charge in [0.1, 0.15) is 17.2 Å². The smallest absolute Gasteiger partial charge is 0.161 e. The Morgan fingerprint density at radius 2 is 1.80 bits per heavy atom. The Morgan fingerprint density at radius 1 is 1.07 bits per heavy atom. The molecule has 0 aliphatic rings. The zero-order valence-electron chi connectivity index (χ0n) is 9.57. The zero-order chi connectivity index (χ0) is 11.0. The van der Waals surface area contributed by atoms with Crippen LogP contribution >= 0.6 is 0 Å². The standard InChI is InChI=1S/C11H16N4/c1-6(2)9-12-5-8-11(14-9)15-10(13-8)7(3)4/h5-7H,1-4H3,(H,12,13,14,15). The van der Waals surface area contributed by atoms with E-state index < -0.39 is 0 Å². The van der Waals surface area contributed by atoms with Gasteiger partial charge in [0.15, 0.2) is 5.65 Å². The Bertz CT molecular complexity index is 464. The summed E-state index contributed by atoms with van der Waals surface area (Å²) in [5.74, 6) is 2.57. The third-order valence-corrected chi connectivity index (χ3v) is 2.34. The monoisotopic (exact) mass is 204 g/mol. The lowest BCUT2D eigenvalue weighted by molar-refractivity contribution is 0.779. The Labute approximate surface area is 89.2 Å². The van der Waals surface area contributed by atoms with E-state index >= 15 is 0 Å². The summed E-state index contributed by atoms with van der Waals surface area (Å²) in [4.78, 5) is 16.4. The summed E-state index contributed by atoms with van der Waals surface area (Å²) in [7, 11) is 0. The van der Waals surface area contributed by atoms with Crippen LogP contribution in [0, 0.1) is 0 Å². The molecule has 0 amide bonds. The van der Waals surface area contributed by atoms with Crippen LogP contribution in [0.2, 0.25) is 0 Å². The van der Waals surface area contributed by atoms with Gasteiger partial charge in [-0.3, -0.25) is 0 Å². The summed E-state index contributed by atoms with van der Waals surface area (Å²) in [5, 5.41) is 0. The molecule has 0 saturated heterocycles. The summed E-state index contributed by atoms with van der Waals surface area (Å²) in [6.07, 6.45) is 1.79. The first-order chi connectivity index (χ1) is 7.08. The van der Waals surface area contributed by atoms with Crippen LogP contribution in [0.1, 0.15) is 51.2 Å². The van der Waals surface area contributed by atoms with Crippen LogP contribution in [0.3, 0.4) is 0 Å². The van der Waals surface area contributed by atoms with E-state index in [9.17, 15) is 0 Å². The minimum absolute atomic E-state index is 0.347. The molecule has 0 bridgehead atoms. The van der Waals surface area contributed by atoms with Gasteiger partial charge < -0.3 is 4.98 Å². The minimum atomic E-state index is 0.347. The molecule has 0 radical (unpaired) electrons. The summed E-state index contributed by atoms with van der Waals surface area (Å²) in [6.45, 7) is 8.38. The average Bonchev–Trinajstić information content (AvgIpc) is 2.59. The van der Waals surface area contributed by atoms with Gasteiger partial charge in [0.05, 0.1) is 6.20 Å². The van der Waals surface area contributed by atoms with Crippen LogP contribution in [-0.2, 0) is 0 Å². The summed E-state index contributed by atoms with van der Waals surface area (Å²) in [6, 6.07) is 0. The molecule has 15 heavy (non-hydrogen) atoms. The number of aromatic nitrogens is 4. The molecule has 0 unspecified atom stereocenters. The third-order valence-electron chi connectivity index (χ3n) is 2.34. The van der Waals surface area contributed by atoms with Crippen LogP contribution in [0.15, 0.2) is 6.20 Å². The molecule has 2 aromatic heterocycles. The number of rotatable bonds is 2. The van der Waals surface area contributed by atoms with Crippen molar-refractivity contribution in [1.29, 1.82) is 0 Å². The van der Waals surface area contributed by atoms with E-state index in [1.807, 2.05) is 0 Å². The summed E-state index contributed by atoms with van der Waals surface area (Å²) >= 11 is 0. The van der Waals surface area contributed by atoms with Gasteiger partial charge in [0, 0.05) is 11.8 Å². The van der Waals surface area contributed by atoms with E-state index in [1.54, 1.807) is 6.20 Å². The number of H-pyrrole nitrogens is 1. The van der Waals surface area contributed by atoms with Gasteiger partial charge in [-0.1, -0.05) is 27.7 Å². The Kier molecular flexibility index (Phi) is 2.42. The molecule has 4 nitrogen and oxygen atoms in total. The first-order valence-corrected chi connectivity index (χ1v) is 5.30. The zero-order valence-corrected chi connectivity index (χ0v) is 9.57. The molecule has 0 spiro atoms. The van der Waals surface area contributed by atoms with Crippen molar-refractivity contribution in [2.45, 2.75) is 39.5 Å². The molecule has 0 aliphatic heterocycles. The van der Waals surface area contributed by atoms with Gasteiger partial charge in [-0.25, -0.2) is 15.0 Å². The van der Waals surface area contributed by atoms with Gasteiger partial charge in [0.2, 0.25) is 0 Å². The number of hydrogen-bond donors (Lipinski definition) is 1. The van der Waals surface area contributed by atoms with Gasteiger partial charge in [0.25, 0.3) is 0 Å². The molecule has 2 rings (SSSR count). The van der Waals surface area contributed by atoms with Crippen molar-refractivity contribution in [1.82, 2.24) is 19.9 Å². The first-order valence-electron chi connectivity index (χ1n) is 5.30. The van der Waals surface area contributed by atoms with Crippen LogP contribution in [-0.4, -0.2) is 19.9 Å². The van der Waals surface area contributed by atoms with Gasteiger partial charge in [-0.15, -0.1) is 0 Å². The molecule has 80 valence electrons. The summed E-state index contributed by atoms with van der Waals surface area (Å²) in [5.41, 5.74) is 1.69. The number of hydrogen-bond acceptors (Lipinski definition) is 3. The molecule has 0 fully saturated rings. The fraction of sp³-hybridized carbons (Fsp3) is 0.545. The molecule has 0 atom stereocenters. The maximum absolute atomic E-state index is 4.45. The number of nitrogens with one attached hydrogen (secondary N) is 1. The van der Waals surface area contributed by atoms with Crippen LogP contribution in [0.4, 0.5) is 0 Å². The Morgan fingerprint density at radius 3 is 2.40 bits per heavy atom. The van der Waals surface area contributed by atoms with Crippen LogP contribution in [0.5, 0.6) is 0 Å². The lowest BCUT2D eigenvalue weighted by Crippen LogP contribution is -1.96. The first kappa shape index (κ1) is 10.1. The molecule has 2 heterocycles. The number of aromatic amines is 1. The largest absolute Gasteiger partial charge is 0.326 e. The molecule has 0 aromatic carbocycles. The third kappa shape index (κ3) is 1.84. The molecular weight excluding hydrogens is 188 g/mol. The van der Waals surface area contributed by atoms with E-state index in [-0.39, 0.29) is 0 Å². The predicted molar refractivity (Wildman–Crippen MR) is 59.9 cm³/mol. The second-order valence-corrected chi connectivity index (χ2v) is 4.39. The van der Waals surface area contributed by atoms with Crippen molar-refractivity contribution in [2.24, 2.45) is 0 Å². The predicted octanol–water partition coefficient (Wildman–Crippen LogP) is 2.60. The lowest BCUT2D eigenvalue weighted by atomic mass is 10.2. The van der Waals surface area contributed by atoms with Crippen molar-refractivity contribution in [3.63, 3.8) is 0 Å². The van der Waals surface area contributed by atoms with Crippen molar-refractivity contribution in [2.75, 3.05) is 0 Å². The Hall–Kier alpha value is -1.45. The fourth-order valence-corrected chi connectivity index (χ4v) is 1.39. The van der Waals surface area contributed by atoms with E-state index in [1.165, 1.54) is 0 Å². The second-order valence-electron chi connectivity index (χ2n) is 4.39. The second kappa shape index (κ2) is 3.61. The highest BCUT2D eigenvalue weighted by atomic mass is 15.0. The molecule has 0 saturated carbocycles. The van der Waals surface area contributed by atoms with Crippen molar-refractivity contribution in [3.05, 3.63) is 17.8 Å². The van der Waals surface area contributed by atoms with E-state index in [0.29, 0.717) is 11.8 Å². The fourth-order valence-electron chi connectivity index (χ4n) is 1.39. The number of imidazole rings is 1. The molecule has 2 aromatic rings. The SMILES string of the molecule is CC(C)c1ncc2nc(C(C)C)[nH]c2n1. The van der Waals surface area contributed by atoms with Gasteiger partial charge >= 0.3 is 0 Å². The molecule has 4 heteroatoms. The van der Waals surface area contributed by atoms with Crippen molar-refractivity contribution in [3.8, 4) is 0 Å². The quantitative estimate of drug-likeness (QED) is 0.818.